The van der Waals surface area contributed by atoms with E-state index < -0.39 is 10.0 Å². The maximum absolute atomic E-state index is 12.3. The Morgan fingerprint density at radius 2 is 2.10 bits per heavy atom. The Labute approximate surface area is 124 Å². The molecule has 2 aromatic rings. The average Bonchev–Trinajstić information content (AvgIpc) is 2.46. The lowest BCUT2D eigenvalue weighted by Crippen LogP contribution is -2.14. The Kier molecular flexibility index (Phi) is 4.58. The smallest absolute Gasteiger partial charge is 0.263 e. The molecule has 0 aliphatic rings. The molecule has 0 amide bonds. The lowest BCUT2D eigenvalue weighted by molar-refractivity contribution is 0.601. The standard InChI is InChI=1S/C15H15N3O2S/c1-12-11-14(8-7-13(12)5-4-9-16)21(19,20)18-15-6-2-3-10-17-15/h2-3,6-8,10-11H,9,16H2,1H3,(H,17,18). The summed E-state index contributed by atoms with van der Waals surface area (Å²) >= 11 is 0. The first-order valence-corrected chi connectivity index (χ1v) is 7.75. The third kappa shape index (κ3) is 3.81. The molecule has 1 aromatic carbocycles. The van der Waals surface area contributed by atoms with Gasteiger partial charge < -0.3 is 5.73 Å². The Bertz CT molecular complexity index is 791. The van der Waals surface area contributed by atoms with E-state index in [9.17, 15) is 8.42 Å². The Balaban J connectivity index is 2.31. The fourth-order valence-corrected chi connectivity index (χ4v) is 2.80. The van der Waals surface area contributed by atoms with Crippen LogP contribution >= 0.6 is 0 Å². The van der Waals surface area contributed by atoms with Crippen molar-refractivity contribution in [3.8, 4) is 11.8 Å². The summed E-state index contributed by atoms with van der Waals surface area (Å²) in [5.74, 6) is 5.92. The van der Waals surface area contributed by atoms with E-state index in [1.54, 1.807) is 37.3 Å². The fourth-order valence-electron chi connectivity index (χ4n) is 1.71. The number of hydrogen-bond acceptors (Lipinski definition) is 4. The first kappa shape index (κ1) is 15.0. The number of benzene rings is 1. The van der Waals surface area contributed by atoms with Crippen molar-refractivity contribution < 1.29 is 8.42 Å². The molecule has 0 spiro atoms. The summed E-state index contributed by atoms with van der Waals surface area (Å²) in [6.07, 6.45) is 1.52. The summed E-state index contributed by atoms with van der Waals surface area (Å²) < 4.78 is 27.0. The second-order valence-corrected chi connectivity index (χ2v) is 5.99. The molecule has 5 nitrogen and oxygen atoms in total. The van der Waals surface area contributed by atoms with Crippen LogP contribution < -0.4 is 10.5 Å². The van der Waals surface area contributed by atoms with Gasteiger partial charge in [0.25, 0.3) is 10.0 Å². The predicted molar refractivity (Wildman–Crippen MR) is 82.2 cm³/mol. The van der Waals surface area contributed by atoms with E-state index in [0.29, 0.717) is 0 Å². The van der Waals surface area contributed by atoms with Crippen LogP contribution in [0.25, 0.3) is 0 Å². The summed E-state index contributed by atoms with van der Waals surface area (Å²) in [6, 6.07) is 9.77. The maximum atomic E-state index is 12.3. The Morgan fingerprint density at radius 1 is 1.29 bits per heavy atom. The molecule has 0 fully saturated rings. The van der Waals surface area contributed by atoms with Crippen molar-refractivity contribution in [2.45, 2.75) is 11.8 Å². The molecule has 0 saturated heterocycles. The van der Waals surface area contributed by atoms with Crippen molar-refractivity contribution in [2.75, 3.05) is 11.3 Å². The third-order valence-electron chi connectivity index (χ3n) is 2.74. The molecular weight excluding hydrogens is 286 g/mol. The van der Waals surface area contributed by atoms with Gasteiger partial charge in [-0.2, -0.15) is 0 Å². The van der Waals surface area contributed by atoms with Gasteiger partial charge in [-0.15, -0.1) is 0 Å². The molecule has 0 radical (unpaired) electrons. The van der Waals surface area contributed by atoms with Crippen molar-refractivity contribution in [2.24, 2.45) is 5.73 Å². The molecule has 108 valence electrons. The molecule has 0 atom stereocenters. The molecule has 21 heavy (non-hydrogen) atoms. The van der Waals surface area contributed by atoms with Crippen molar-refractivity contribution >= 4 is 15.8 Å². The molecule has 0 unspecified atom stereocenters. The Hall–Kier alpha value is -2.36. The minimum atomic E-state index is -3.66. The summed E-state index contributed by atoms with van der Waals surface area (Å²) in [5.41, 5.74) is 6.86. The zero-order valence-electron chi connectivity index (χ0n) is 11.5. The van der Waals surface area contributed by atoms with Gasteiger partial charge in [-0.3, -0.25) is 4.72 Å². The molecular formula is C15H15N3O2S. The number of rotatable bonds is 3. The maximum Gasteiger partial charge on any atom is 0.263 e. The van der Waals surface area contributed by atoms with Crippen LogP contribution in [0.3, 0.4) is 0 Å². The molecule has 0 bridgehead atoms. The summed E-state index contributed by atoms with van der Waals surface area (Å²) in [6.45, 7) is 2.07. The third-order valence-corrected chi connectivity index (χ3v) is 4.09. The SMILES string of the molecule is Cc1cc(S(=O)(=O)Nc2ccccn2)ccc1C#CCN. The van der Waals surface area contributed by atoms with E-state index in [1.807, 2.05) is 0 Å². The quantitative estimate of drug-likeness (QED) is 0.841. The number of aryl methyl sites for hydroxylation is 1. The Morgan fingerprint density at radius 3 is 2.71 bits per heavy atom. The zero-order chi connectivity index (χ0) is 15.3. The van der Waals surface area contributed by atoms with Crippen LogP contribution in [0.1, 0.15) is 11.1 Å². The molecule has 2 rings (SSSR count). The second-order valence-electron chi connectivity index (χ2n) is 4.30. The van der Waals surface area contributed by atoms with Crippen LogP contribution in [0.5, 0.6) is 0 Å². The number of nitrogens with one attached hydrogen (secondary N) is 1. The first-order valence-electron chi connectivity index (χ1n) is 6.26. The van der Waals surface area contributed by atoms with Gasteiger partial charge >= 0.3 is 0 Å². The highest BCUT2D eigenvalue weighted by Gasteiger charge is 2.15. The number of hydrogen-bond donors (Lipinski definition) is 2. The minimum absolute atomic E-state index is 0.170. The highest BCUT2D eigenvalue weighted by atomic mass is 32.2. The van der Waals surface area contributed by atoms with Gasteiger partial charge in [0.1, 0.15) is 5.82 Å². The number of nitrogens with zero attached hydrogens (tertiary/aromatic N) is 1. The lowest BCUT2D eigenvalue weighted by Gasteiger charge is -2.08. The number of pyridine rings is 1. The van der Waals surface area contributed by atoms with Crippen molar-refractivity contribution in [1.82, 2.24) is 4.98 Å². The van der Waals surface area contributed by atoms with E-state index in [0.717, 1.165) is 11.1 Å². The van der Waals surface area contributed by atoms with Gasteiger partial charge in [-0.05, 0) is 42.8 Å². The molecule has 6 heteroatoms. The van der Waals surface area contributed by atoms with Gasteiger partial charge in [0.2, 0.25) is 0 Å². The normalized spacial score (nSPS) is 10.6. The van der Waals surface area contributed by atoms with Gasteiger partial charge in [0, 0.05) is 11.8 Å². The van der Waals surface area contributed by atoms with Crippen LogP contribution in [0.4, 0.5) is 5.82 Å². The van der Waals surface area contributed by atoms with Gasteiger partial charge in [-0.1, -0.05) is 17.9 Å². The van der Waals surface area contributed by atoms with E-state index in [-0.39, 0.29) is 17.3 Å². The van der Waals surface area contributed by atoms with Crippen molar-refractivity contribution in [3.63, 3.8) is 0 Å². The van der Waals surface area contributed by atoms with E-state index in [2.05, 4.69) is 21.5 Å². The molecule has 0 aliphatic carbocycles. The molecule has 1 aromatic heterocycles. The van der Waals surface area contributed by atoms with Crippen molar-refractivity contribution in [1.29, 1.82) is 0 Å². The monoisotopic (exact) mass is 301 g/mol. The number of nitrogens with two attached hydrogens (primary N) is 1. The molecule has 0 saturated carbocycles. The first-order chi connectivity index (χ1) is 10.0. The summed E-state index contributed by atoms with van der Waals surface area (Å²) in [4.78, 5) is 4.11. The minimum Gasteiger partial charge on any atom is -0.320 e. The van der Waals surface area contributed by atoms with Gasteiger partial charge in [0.05, 0.1) is 11.4 Å². The highest BCUT2D eigenvalue weighted by Crippen LogP contribution is 2.17. The van der Waals surface area contributed by atoms with E-state index in [4.69, 9.17) is 5.73 Å². The van der Waals surface area contributed by atoms with Crippen molar-refractivity contribution in [3.05, 3.63) is 53.7 Å². The second kappa shape index (κ2) is 6.39. The van der Waals surface area contributed by atoms with Crippen LogP contribution in [-0.4, -0.2) is 19.9 Å². The fraction of sp³-hybridized carbons (Fsp3) is 0.133. The largest absolute Gasteiger partial charge is 0.320 e. The molecule has 1 heterocycles. The molecule has 3 N–H and O–H groups in total. The van der Waals surface area contributed by atoms with Crippen LogP contribution in [0.15, 0.2) is 47.5 Å². The van der Waals surface area contributed by atoms with Crippen LogP contribution in [0, 0.1) is 18.8 Å². The number of aromatic nitrogens is 1. The van der Waals surface area contributed by atoms with Gasteiger partial charge in [-0.25, -0.2) is 13.4 Å². The number of sulfonamides is 1. The van der Waals surface area contributed by atoms with Crippen LogP contribution in [0.2, 0.25) is 0 Å². The average molecular weight is 301 g/mol. The molecule has 0 aliphatic heterocycles. The summed E-state index contributed by atoms with van der Waals surface area (Å²) in [7, 11) is -3.66. The lowest BCUT2D eigenvalue weighted by atomic mass is 10.1. The van der Waals surface area contributed by atoms with Crippen LogP contribution in [-0.2, 0) is 10.0 Å². The highest BCUT2D eigenvalue weighted by molar-refractivity contribution is 7.92. The van der Waals surface area contributed by atoms with E-state index in [1.165, 1.54) is 12.3 Å². The predicted octanol–water partition coefficient (Wildman–Crippen LogP) is 1.50. The zero-order valence-corrected chi connectivity index (χ0v) is 12.3. The number of anilines is 1. The summed E-state index contributed by atoms with van der Waals surface area (Å²) in [5, 5.41) is 0. The van der Waals surface area contributed by atoms with Gasteiger partial charge in [0.15, 0.2) is 0 Å². The topological polar surface area (TPSA) is 85.1 Å². The van der Waals surface area contributed by atoms with E-state index >= 15 is 0 Å².